The van der Waals surface area contributed by atoms with E-state index in [2.05, 4.69) is 158 Å². The first-order valence-electron chi connectivity index (χ1n) is 15.4. The van der Waals surface area contributed by atoms with Crippen LogP contribution in [0.2, 0.25) is 0 Å². The van der Waals surface area contributed by atoms with Crippen LogP contribution in [0.15, 0.2) is 158 Å². The van der Waals surface area contributed by atoms with Gasteiger partial charge in [-0.15, -0.1) is 0 Å². The smallest absolute Gasteiger partial charge is 0.00199 e. The van der Waals surface area contributed by atoms with Crippen molar-refractivity contribution in [3.63, 3.8) is 0 Å². The monoisotopic (exact) mass is 554 g/mol. The van der Waals surface area contributed by atoms with Gasteiger partial charge in [0, 0.05) is 0 Å². The second-order valence-corrected chi connectivity index (χ2v) is 12.1. The minimum absolute atomic E-state index is 1.23. The molecule has 9 aromatic carbocycles. The van der Waals surface area contributed by atoms with Gasteiger partial charge in [-0.25, -0.2) is 0 Å². The Morgan fingerprint density at radius 3 is 1.45 bits per heavy atom. The van der Waals surface area contributed by atoms with E-state index in [4.69, 9.17) is 0 Å². The van der Waals surface area contributed by atoms with Gasteiger partial charge in [-0.05, 0) is 117 Å². The SMILES string of the molecule is c1ccc2c(c1)cc1c3c(cccc32)-c2ccc(-c3ccc(-c4ccc5c6ccccc6c6ccccc6c5c4)cc3)cc2-1. The van der Waals surface area contributed by atoms with Gasteiger partial charge in [0.05, 0.1) is 0 Å². The molecular weight excluding hydrogens is 528 g/mol. The molecule has 0 N–H and O–H groups in total. The van der Waals surface area contributed by atoms with Gasteiger partial charge < -0.3 is 0 Å². The number of hydrogen-bond acceptors (Lipinski definition) is 0. The van der Waals surface area contributed by atoms with Crippen LogP contribution in [0.5, 0.6) is 0 Å². The molecule has 0 heteroatoms. The van der Waals surface area contributed by atoms with E-state index in [0.29, 0.717) is 0 Å². The van der Waals surface area contributed by atoms with Crippen molar-refractivity contribution in [2.45, 2.75) is 0 Å². The molecule has 0 saturated heterocycles. The summed E-state index contributed by atoms with van der Waals surface area (Å²) in [6, 6.07) is 58.5. The molecule has 9 aromatic rings. The molecule has 0 radical (unpaired) electrons. The minimum Gasteiger partial charge on any atom is -0.0616 e. The Bertz CT molecular complexity index is 2600. The van der Waals surface area contributed by atoms with Crippen LogP contribution >= 0.6 is 0 Å². The van der Waals surface area contributed by atoms with E-state index in [1.54, 1.807) is 0 Å². The van der Waals surface area contributed by atoms with Crippen molar-refractivity contribution in [2.75, 3.05) is 0 Å². The Balaban J connectivity index is 1.08. The summed E-state index contributed by atoms with van der Waals surface area (Å²) in [5, 5.41) is 13.2. The topological polar surface area (TPSA) is 0 Å². The van der Waals surface area contributed by atoms with E-state index in [0.717, 1.165) is 0 Å². The molecule has 0 fully saturated rings. The van der Waals surface area contributed by atoms with Gasteiger partial charge in [-0.1, -0.05) is 140 Å². The van der Waals surface area contributed by atoms with Gasteiger partial charge in [-0.2, -0.15) is 0 Å². The lowest BCUT2D eigenvalue weighted by Crippen LogP contribution is -1.86. The molecule has 0 aromatic heterocycles. The fourth-order valence-corrected chi connectivity index (χ4v) is 7.72. The summed E-state index contributed by atoms with van der Waals surface area (Å²) in [6.45, 7) is 0. The van der Waals surface area contributed by atoms with Crippen molar-refractivity contribution >= 4 is 53.9 Å². The van der Waals surface area contributed by atoms with Crippen LogP contribution in [0.25, 0.3) is 98.4 Å². The van der Waals surface area contributed by atoms with Crippen molar-refractivity contribution < 1.29 is 0 Å². The van der Waals surface area contributed by atoms with Gasteiger partial charge in [-0.3, -0.25) is 0 Å². The Morgan fingerprint density at radius 1 is 0.227 bits per heavy atom. The molecule has 0 spiro atoms. The fourth-order valence-electron chi connectivity index (χ4n) is 7.72. The van der Waals surface area contributed by atoms with E-state index in [-0.39, 0.29) is 0 Å². The summed E-state index contributed by atoms with van der Waals surface area (Å²) in [7, 11) is 0. The lowest BCUT2D eigenvalue weighted by Gasteiger charge is -2.12. The third kappa shape index (κ3) is 3.28. The molecule has 202 valence electrons. The molecule has 0 bridgehead atoms. The highest BCUT2D eigenvalue weighted by Gasteiger charge is 2.23. The first-order valence-corrected chi connectivity index (χ1v) is 15.4. The number of hydrogen-bond donors (Lipinski definition) is 0. The molecule has 1 aliphatic rings. The molecule has 0 atom stereocenters. The quantitative estimate of drug-likeness (QED) is 0.186. The molecule has 1 aliphatic carbocycles. The first-order chi connectivity index (χ1) is 21.8. The van der Waals surface area contributed by atoms with Crippen LogP contribution < -0.4 is 0 Å². The van der Waals surface area contributed by atoms with Gasteiger partial charge in [0.1, 0.15) is 0 Å². The lowest BCUT2D eigenvalue weighted by atomic mass is 9.91. The number of benzene rings is 9. The lowest BCUT2D eigenvalue weighted by molar-refractivity contribution is 1.60. The predicted octanol–water partition coefficient (Wildman–Crippen LogP) is 12.4. The zero-order valence-electron chi connectivity index (χ0n) is 24.0. The molecular formula is C44H26. The van der Waals surface area contributed by atoms with Crippen LogP contribution in [-0.2, 0) is 0 Å². The van der Waals surface area contributed by atoms with E-state index < -0.39 is 0 Å². The summed E-state index contributed by atoms with van der Waals surface area (Å²) < 4.78 is 0. The van der Waals surface area contributed by atoms with E-state index in [1.165, 1.54) is 98.4 Å². The standard InChI is InChI=1S/C44H26/c1-2-9-32-31(8-1)26-43-42-25-30(21-23-38(42)40-15-7-14-39(32)44(40)43)28-18-16-27(17-19-28)29-20-22-37-35-12-4-3-10-33(35)34-11-5-6-13-36(34)41(37)24-29/h1-26H. The molecule has 44 heavy (non-hydrogen) atoms. The summed E-state index contributed by atoms with van der Waals surface area (Å²) in [4.78, 5) is 0. The third-order valence-corrected chi connectivity index (χ3v) is 9.78. The second kappa shape index (κ2) is 8.89. The van der Waals surface area contributed by atoms with Crippen LogP contribution in [-0.4, -0.2) is 0 Å². The summed E-state index contributed by atoms with van der Waals surface area (Å²) in [6.07, 6.45) is 0. The molecule has 0 amide bonds. The van der Waals surface area contributed by atoms with E-state index in [1.807, 2.05) is 0 Å². The number of rotatable bonds is 2. The van der Waals surface area contributed by atoms with Crippen molar-refractivity contribution in [3.8, 4) is 44.5 Å². The minimum atomic E-state index is 1.23. The van der Waals surface area contributed by atoms with Crippen LogP contribution in [0.4, 0.5) is 0 Å². The Hall–Kier alpha value is -5.72. The molecule has 0 saturated carbocycles. The normalized spacial score (nSPS) is 12.1. The largest absolute Gasteiger partial charge is 0.0616 e. The molecule has 0 heterocycles. The van der Waals surface area contributed by atoms with Gasteiger partial charge in [0.2, 0.25) is 0 Å². The van der Waals surface area contributed by atoms with E-state index >= 15 is 0 Å². The van der Waals surface area contributed by atoms with Crippen LogP contribution in [0.3, 0.4) is 0 Å². The second-order valence-electron chi connectivity index (χ2n) is 12.1. The van der Waals surface area contributed by atoms with Crippen LogP contribution in [0, 0.1) is 0 Å². The van der Waals surface area contributed by atoms with Crippen molar-refractivity contribution in [1.29, 1.82) is 0 Å². The Kier molecular flexibility index (Phi) is 4.81. The average Bonchev–Trinajstić information content (AvgIpc) is 3.42. The predicted molar refractivity (Wildman–Crippen MR) is 189 cm³/mol. The highest BCUT2D eigenvalue weighted by molar-refractivity contribution is 6.26. The molecule has 0 nitrogen and oxygen atoms in total. The average molecular weight is 555 g/mol. The maximum Gasteiger partial charge on any atom is -0.00199 e. The Labute approximate surface area is 255 Å². The zero-order valence-corrected chi connectivity index (χ0v) is 24.0. The molecule has 0 aliphatic heterocycles. The van der Waals surface area contributed by atoms with Crippen molar-refractivity contribution in [2.24, 2.45) is 0 Å². The van der Waals surface area contributed by atoms with Gasteiger partial charge >= 0.3 is 0 Å². The number of fused-ring (bicyclic) bond motifs is 11. The summed E-state index contributed by atoms with van der Waals surface area (Å²) >= 11 is 0. The summed E-state index contributed by atoms with van der Waals surface area (Å²) in [5.41, 5.74) is 10.3. The Morgan fingerprint density at radius 2 is 0.750 bits per heavy atom. The van der Waals surface area contributed by atoms with E-state index in [9.17, 15) is 0 Å². The van der Waals surface area contributed by atoms with Crippen LogP contribution in [0.1, 0.15) is 0 Å². The zero-order chi connectivity index (χ0) is 28.8. The van der Waals surface area contributed by atoms with Gasteiger partial charge in [0.25, 0.3) is 0 Å². The van der Waals surface area contributed by atoms with Gasteiger partial charge in [0.15, 0.2) is 0 Å². The molecule has 0 unspecified atom stereocenters. The first kappa shape index (κ1) is 23.8. The highest BCUT2D eigenvalue weighted by Crippen LogP contribution is 2.50. The maximum absolute atomic E-state index is 2.39. The van der Waals surface area contributed by atoms with Crippen molar-refractivity contribution in [3.05, 3.63) is 158 Å². The highest BCUT2D eigenvalue weighted by atomic mass is 14.3. The fraction of sp³-hybridized carbons (Fsp3) is 0. The molecule has 10 rings (SSSR count). The summed E-state index contributed by atoms with van der Waals surface area (Å²) in [5.74, 6) is 0. The maximum atomic E-state index is 2.39. The van der Waals surface area contributed by atoms with Crippen molar-refractivity contribution in [1.82, 2.24) is 0 Å². The third-order valence-electron chi connectivity index (χ3n) is 9.78.